The second-order valence-electron chi connectivity index (χ2n) is 22.6. The van der Waals surface area contributed by atoms with E-state index in [9.17, 15) is 30.6 Å². The zero-order valence-corrected chi connectivity index (χ0v) is 52.7. The van der Waals surface area contributed by atoms with E-state index in [-0.39, 0.29) is 77.6 Å². The molecule has 4 aliphatic heterocycles. The minimum Gasteiger partial charge on any atom is -0.508 e. The van der Waals surface area contributed by atoms with Crippen LogP contribution in [0.15, 0.2) is 164 Å². The first kappa shape index (κ1) is 63.7. The smallest absolute Gasteiger partial charge is 0.480 e. The molecule has 0 bridgehead atoms. The molecule has 28 nitrogen and oxygen atoms in total. The van der Waals surface area contributed by atoms with Crippen molar-refractivity contribution in [2.45, 2.75) is 39.2 Å². The summed E-state index contributed by atoms with van der Waals surface area (Å²) >= 11 is 0. The van der Waals surface area contributed by atoms with Gasteiger partial charge in [0, 0.05) is 33.9 Å². The van der Waals surface area contributed by atoms with Crippen molar-refractivity contribution < 1.29 is 91.7 Å². The number of hydrogen-bond acceptors (Lipinski definition) is 20. The van der Waals surface area contributed by atoms with Crippen molar-refractivity contribution in [3.8, 4) is 34.5 Å². The highest BCUT2D eigenvalue weighted by Gasteiger charge is 2.96. The third-order valence-corrected chi connectivity index (χ3v) is 24.8. The number of phenols is 6. The zero-order chi connectivity index (χ0) is 67.4. The maximum absolute atomic E-state index is 16.8. The summed E-state index contributed by atoms with van der Waals surface area (Å²) in [6.07, 6.45) is -0.188. The number of amides is 4. The van der Waals surface area contributed by atoms with Gasteiger partial charge in [0.15, 0.2) is 21.3 Å². The largest absolute Gasteiger partial charge is 0.508 e. The van der Waals surface area contributed by atoms with Crippen molar-refractivity contribution in [2.24, 2.45) is 5.73 Å². The van der Waals surface area contributed by atoms with Gasteiger partial charge in [0.05, 0.1) is 22.7 Å². The van der Waals surface area contributed by atoms with Crippen LogP contribution in [-0.2, 0) is 92.2 Å². The number of rotatable bonds is 16. The van der Waals surface area contributed by atoms with Gasteiger partial charge in [-0.2, -0.15) is 16.8 Å². The summed E-state index contributed by atoms with van der Waals surface area (Å²) in [6.45, 7) is -5.20. The van der Waals surface area contributed by atoms with E-state index in [2.05, 4.69) is 0 Å². The molecule has 4 aliphatic rings. The number of carbonyl (C=O) groups is 4. The van der Waals surface area contributed by atoms with Gasteiger partial charge in [-0.15, -0.1) is 16.8 Å². The van der Waals surface area contributed by atoms with Gasteiger partial charge in [-0.1, -0.05) is 103 Å². The van der Waals surface area contributed by atoms with Crippen LogP contribution in [0.5, 0.6) is 34.5 Å². The first-order valence-electron chi connectivity index (χ1n) is 28.6. The number of aryl methyl sites for hydroxylation is 1. The third kappa shape index (κ3) is 9.78. The molecule has 4 fully saturated rings. The molecule has 4 heterocycles. The summed E-state index contributed by atoms with van der Waals surface area (Å²) in [5.41, 5.74) is 13.0. The molecule has 2 unspecified atom stereocenters. The van der Waals surface area contributed by atoms with Crippen LogP contribution in [0.3, 0.4) is 0 Å². The molecule has 12 rings (SSSR count). The quantitative estimate of drug-likeness (QED) is 0.0499. The first-order chi connectivity index (χ1) is 44.5. The van der Waals surface area contributed by atoms with E-state index in [1.165, 1.54) is 48.5 Å². The molecule has 4 saturated heterocycles. The Labute approximate surface area is 538 Å². The van der Waals surface area contributed by atoms with Gasteiger partial charge < -0.3 is 42.1 Å². The molecular formula is C62H58N10O18S4+2. The standard InChI is InChI=1S/C62H56N10O18S4/c1-38-14-23-54(74)47(24-38)28-42-18-22-52(58(78)32-42)68-37-62(82)72(94(68,89)90,69-59(79)34-65(91(69,83)84)49-19-15-39(29-55(49)75)25-43-8-2-3-11-46(43)33-63)71(61(81)36-67(93(71,87)88)51-21-17-41(31-57(51)77)27-45-10-5-7-13-53(45)73)70-60(80)35-66(92(70,85)86)50-20-16-40(30-56(50)76)26-44-9-4-6-12-48(44)64/h2-24,29-32H,25-28,33-37,63-64H2,1H3,(H4-2,73,74,75,76,77,78)/p+2. The summed E-state index contributed by atoms with van der Waals surface area (Å²) in [5, 5.41) is 68.6. The zero-order valence-electron chi connectivity index (χ0n) is 49.4. The Kier molecular flexibility index (Phi) is 15.6. The minimum absolute atomic E-state index is 0.0229. The lowest BCUT2D eigenvalue weighted by atomic mass is 9.99. The van der Waals surface area contributed by atoms with Gasteiger partial charge >= 0.3 is 64.5 Å². The molecular weight excluding hydrogens is 1300 g/mol. The Balaban J connectivity index is 1.09. The number of hydrogen-bond donors (Lipinski definition) is 8. The van der Waals surface area contributed by atoms with E-state index in [4.69, 9.17) is 11.5 Å². The number of para-hydroxylation sites is 2. The van der Waals surface area contributed by atoms with Crippen molar-refractivity contribution >= 4 is 92.9 Å². The lowest BCUT2D eigenvalue weighted by molar-refractivity contribution is -1.38. The van der Waals surface area contributed by atoms with Crippen LogP contribution < -0.4 is 28.7 Å². The Hall–Kier alpha value is -10.5. The molecule has 486 valence electrons. The second-order valence-corrected chi connectivity index (χ2v) is 29.6. The predicted octanol–water partition coefficient (Wildman–Crippen LogP) is 4.08. The lowest BCUT2D eigenvalue weighted by Gasteiger charge is -2.42. The fourth-order valence-corrected chi connectivity index (χ4v) is 21.2. The van der Waals surface area contributed by atoms with E-state index in [0.29, 0.717) is 44.6 Å². The number of nitrogens with zero attached hydrogens (tertiary/aromatic N) is 8. The van der Waals surface area contributed by atoms with Gasteiger partial charge in [-0.05, 0) is 137 Å². The second kappa shape index (κ2) is 23.0. The van der Waals surface area contributed by atoms with E-state index in [1.54, 1.807) is 73.7 Å². The van der Waals surface area contributed by atoms with Gasteiger partial charge in [0.2, 0.25) is 0 Å². The van der Waals surface area contributed by atoms with Crippen molar-refractivity contribution in [2.75, 3.05) is 49.1 Å². The van der Waals surface area contributed by atoms with E-state index in [0.717, 1.165) is 48.5 Å². The SMILES string of the molecule is Cc1ccc(O)c(Cc2ccc(N3CC(=O)[N+](N4C(=O)CN(c5ccc(Cc6ccccc6CN)cc5O)S4(=O)=O)([N+]4(N5C(=O)CN(c6ccc(Cc7ccccc7N)cc6O)S5(=O)=O)C(=O)CN(c5ccc(Cc6ccccc6O)cc5O)S4(=O)=O)S3(=O)=O)c(O)c2)c1. The molecule has 0 radical (unpaired) electrons. The number of aromatic hydroxyl groups is 6. The molecule has 4 amide bonds. The normalized spacial score (nSPS) is 20.4. The highest BCUT2D eigenvalue weighted by molar-refractivity contribution is 7.94. The Morgan fingerprint density at radius 3 is 1.15 bits per heavy atom. The van der Waals surface area contributed by atoms with Gasteiger partial charge in [-0.25, -0.2) is 26.8 Å². The Bertz CT molecular complexity index is 5040. The summed E-state index contributed by atoms with van der Waals surface area (Å²) in [5.74, 6) is -13.3. The molecule has 0 aromatic heterocycles. The Morgan fingerprint density at radius 1 is 0.383 bits per heavy atom. The van der Waals surface area contributed by atoms with Crippen LogP contribution in [0.2, 0.25) is 0 Å². The van der Waals surface area contributed by atoms with Crippen molar-refractivity contribution in [3.05, 3.63) is 219 Å². The summed E-state index contributed by atoms with van der Waals surface area (Å²) in [7, 11) is -26.7. The average molecular weight is 1360 g/mol. The van der Waals surface area contributed by atoms with Gasteiger partial charge in [0.1, 0.15) is 47.6 Å². The van der Waals surface area contributed by atoms with E-state index < -0.39 is 153 Å². The number of carbonyl (C=O) groups excluding carboxylic acids is 4. The summed E-state index contributed by atoms with van der Waals surface area (Å²) in [4.78, 5) is 63.4. The van der Waals surface area contributed by atoms with Crippen LogP contribution in [0.1, 0.15) is 55.6 Å². The molecule has 8 aromatic rings. The van der Waals surface area contributed by atoms with Crippen LogP contribution in [-0.4, -0.2) is 131 Å². The van der Waals surface area contributed by atoms with Crippen LogP contribution >= 0.6 is 0 Å². The number of quaternary nitrogens is 2. The maximum Gasteiger partial charge on any atom is 0.480 e. The van der Waals surface area contributed by atoms with Gasteiger partial charge in [-0.3, -0.25) is 9.59 Å². The molecule has 8 aromatic carbocycles. The maximum atomic E-state index is 16.8. The number of anilines is 5. The van der Waals surface area contributed by atoms with Crippen LogP contribution in [0.4, 0.5) is 28.4 Å². The molecule has 0 aliphatic carbocycles. The van der Waals surface area contributed by atoms with E-state index in [1.807, 2.05) is 0 Å². The molecule has 10 N–H and O–H groups in total. The molecule has 94 heavy (non-hydrogen) atoms. The third-order valence-electron chi connectivity index (χ3n) is 16.7. The first-order valence-corrected chi connectivity index (χ1v) is 34.2. The fraction of sp³-hybridized carbons (Fsp3) is 0.161. The summed E-state index contributed by atoms with van der Waals surface area (Å²) < 4.78 is 121. The van der Waals surface area contributed by atoms with Crippen molar-refractivity contribution in [3.63, 3.8) is 0 Å². The summed E-state index contributed by atoms with van der Waals surface area (Å²) in [6, 6.07) is 36.7. The van der Waals surface area contributed by atoms with Crippen molar-refractivity contribution in [1.82, 2.24) is 8.83 Å². The van der Waals surface area contributed by atoms with Gasteiger partial charge in [0.25, 0.3) is 0 Å². The Morgan fingerprint density at radius 2 is 0.734 bits per heavy atom. The number of phenolic OH excluding ortho intramolecular Hbond substituents is 6. The van der Waals surface area contributed by atoms with Crippen LogP contribution in [0, 0.1) is 6.92 Å². The monoisotopic (exact) mass is 1360 g/mol. The molecule has 0 spiro atoms. The molecule has 2 atom stereocenters. The predicted molar refractivity (Wildman–Crippen MR) is 339 cm³/mol. The highest BCUT2D eigenvalue weighted by Crippen LogP contribution is 2.56. The lowest BCUT2D eigenvalue weighted by Crippen LogP contribution is -2.88. The van der Waals surface area contributed by atoms with Crippen LogP contribution in [0.25, 0.3) is 0 Å². The highest BCUT2D eigenvalue weighted by atomic mass is 32.2. The number of nitrogens with two attached hydrogens (primary N) is 2. The minimum atomic E-state index is -6.93. The van der Waals surface area contributed by atoms with E-state index >= 15 is 52.8 Å². The average Bonchev–Trinajstić information content (AvgIpc) is 1.44. The van der Waals surface area contributed by atoms with Crippen molar-refractivity contribution in [1.29, 1.82) is 0 Å². The number of nitrogen functional groups attached to an aromatic ring is 1. The fourth-order valence-electron chi connectivity index (χ4n) is 12.3. The molecule has 32 heteroatoms. The molecule has 0 saturated carbocycles. The topological polar surface area (TPSA) is 398 Å². The number of benzene rings is 8.